The summed E-state index contributed by atoms with van der Waals surface area (Å²) in [5.41, 5.74) is 4.90. The number of rotatable bonds is 3. The lowest BCUT2D eigenvalue weighted by atomic mass is 9.76. The number of carboxylic acids is 1. The molecule has 2 rings (SSSR count). The van der Waals surface area contributed by atoms with Crippen LogP contribution in [0.4, 0.5) is 0 Å². The van der Waals surface area contributed by atoms with E-state index >= 15 is 0 Å². The second kappa shape index (κ2) is 6.34. The third-order valence-electron chi connectivity index (χ3n) is 5.58. The van der Waals surface area contributed by atoms with Gasteiger partial charge in [-0.3, -0.25) is 9.59 Å². The normalized spacial score (nSPS) is 25.1. The van der Waals surface area contributed by atoms with Gasteiger partial charge in [-0.25, -0.2) is 0 Å². The molecule has 1 heterocycles. The standard InChI is InChI=1S/C16H28N2O3/c1-15(14(20)21)8-10-18(11-9-15)13(19)16(12-17)6-4-2-3-5-7-16/h2-12,17H2,1H3,(H,20,21). The average Bonchev–Trinajstić information content (AvgIpc) is 2.73. The van der Waals surface area contributed by atoms with E-state index < -0.39 is 16.8 Å². The Labute approximate surface area is 126 Å². The van der Waals surface area contributed by atoms with E-state index in [2.05, 4.69) is 0 Å². The topological polar surface area (TPSA) is 83.6 Å². The van der Waals surface area contributed by atoms with Crippen molar-refractivity contribution in [1.29, 1.82) is 0 Å². The minimum atomic E-state index is -0.752. The monoisotopic (exact) mass is 296 g/mol. The van der Waals surface area contributed by atoms with Crippen LogP contribution in [0.25, 0.3) is 0 Å². The Morgan fingerprint density at radius 2 is 1.57 bits per heavy atom. The number of nitrogens with zero attached hydrogens (tertiary/aromatic N) is 1. The summed E-state index contributed by atoms with van der Waals surface area (Å²) in [5, 5.41) is 9.28. The summed E-state index contributed by atoms with van der Waals surface area (Å²) in [6.45, 7) is 3.28. The van der Waals surface area contributed by atoms with Gasteiger partial charge >= 0.3 is 5.97 Å². The fraction of sp³-hybridized carbons (Fsp3) is 0.875. The van der Waals surface area contributed by atoms with Crippen LogP contribution in [0, 0.1) is 10.8 Å². The molecule has 120 valence electrons. The molecule has 1 saturated heterocycles. The lowest BCUT2D eigenvalue weighted by Gasteiger charge is -2.41. The van der Waals surface area contributed by atoms with E-state index in [1.165, 1.54) is 12.8 Å². The van der Waals surface area contributed by atoms with E-state index in [0.717, 1.165) is 25.7 Å². The number of hydrogen-bond donors (Lipinski definition) is 2. The van der Waals surface area contributed by atoms with E-state index in [-0.39, 0.29) is 5.91 Å². The second-order valence-electron chi connectivity index (χ2n) is 7.06. The Hall–Kier alpha value is -1.10. The van der Waals surface area contributed by atoms with Crippen LogP contribution < -0.4 is 5.73 Å². The maximum Gasteiger partial charge on any atom is 0.309 e. The van der Waals surface area contributed by atoms with Crippen LogP contribution in [0.2, 0.25) is 0 Å². The van der Waals surface area contributed by atoms with Crippen molar-refractivity contribution >= 4 is 11.9 Å². The van der Waals surface area contributed by atoms with Crippen LogP contribution in [-0.2, 0) is 9.59 Å². The number of carbonyl (C=O) groups excluding carboxylic acids is 1. The van der Waals surface area contributed by atoms with Crippen LogP contribution in [-0.4, -0.2) is 41.5 Å². The van der Waals surface area contributed by atoms with Gasteiger partial charge in [0.2, 0.25) is 5.91 Å². The smallest absolute Gasteiger partial charge is 0.309 e. The van der Waals surface area contributed by atoms with Crippen LogP contribution in [0.3, 0.4) is 0 Å². The quantitative estimate of drug-likeness (QED) is 0.780. The van der Waals surface area contributed by atoms with Crippen molar-refractivity contribution in [1.82, 2.24) is 4.90 Å². The van der Waals surface area contributed by atoms with Gasteiger partial charge in [-0.1, -0.05) is 25.7 Å². The molecule has 0 unspecified atom stereocenters. The van der Waals surface area contributed by atoms with E-state index in [1.807, 2.05) is 4.90 Å². The Balaban J connectivity index is 2.04. The van der Waals surface area contributed by atoms with Gasteiger partial charge in [-0.15, -0.1) is 0 Å². The molecule has 0 aromatic heterocycles. The molecule has 0 spiro atoms. The number of nitrogens with two attached hydrogens (primary N) is 1. The molecular formula is C16H28N2O3. The zero-order chi connectivity index (χ0) is 15.5. The molecule has 0 aromatic rings. The molecule has 3 N–H and O–H groups in total. The number of carboxylic acid groups (broad SMARTS) is 1. The van der Waals surface area contributed by atoms with Gasteiger partial charge in [-0.2, -0.15) is 0 Å². The summed E-state index contributed by atoms with van der Waals surface area (Å²) in [6.07, 6.45) is 7.36. The number of aliphatic carboxylic acids is 1. The van der Waals surface area contributed by atoms with Crippen LogP contribution >= 0.6 is 0 Å². The van der Waals surface area contributed by atoms with E-state index in [1.54, 1.807) is 6.92 Å². The first-order valence-electron chi connectivity index (χ1n) is 8.16. The predicted molar refractivity (Wildman–Crippen MR) is 80.7 cm³/mol. The fourth-order valence-corrected chi connectivity index (χ4v) is 3.66. The molecule has 1 aliphatic heterocycles. The van der Waals surface area contributed by atoms with Crippen LogP contribution in [0.15, 0.2) is 0 Å². The van der Waals surface area contributed by atoms with Crippen molar-refractivity contribution in [3.05, 3.63) is 0 Å². The lowest BCUT2D eigenvalue weighted by Crippen LogP contribution is -2.52. The third-order valence-corrected chi connectivity index (χ3v) is 5.58. The minimum Gasteiger partial charge on any atom is -0.481 e. The lowest BCUT2D eigenvalue weighted by molar-refractivity contribution is -0.155. The first-order chi connectivity index (χ1) is 9.93. The Kier molecular flexibility index (Phi) is 4.91. The first-order valence-corrected chi connectivity index (χ1v) is 8.16. The van der Waals surface area contributed by atoms with E-state index in [9.17, 15) is 14.7 Å². The van der Waals surface area contributed by atoms with Gasteiger partial charge in [0.05, 0.1) is 10.8 Å². The average molecular weight is 296 g/mol. The molecule has 2 fully saturated rings. The maximum absolute atomic E-state index is 12.9. The fourth-order valence-electron chi connectivity index (χ4n) is 3.66. The first kappa shape index (κ1) is 16.3. The largest absolute Gasteiger partial charge is 0.481 e. The molecular weight excluding hydrogens is 268 g/mol. The molecule has 0 radical (unpaired) electrons. The summed E-state index contributed by atoms with van der Waals surface area (Å²) >= 11 is 0. The molecule has 5 nitrogen and oxygen atoms in total. The van der Waals surface area contributed by atoms with Gasteiger partial charge in [0.15, 0.2) is 0 Å². The van der Waals surface area contributed by atoms with Crippen molar-refractivity contribution in [3.8, 4) is 0 Å². The van der Waals surface area contributed by atoms with Crippen molar-refractivity contribution < 1.29 is 14.7 Å². The van der Waals surface area contributed by atoms with Crippen LogP contribution in [0.5, 0.6) is 0 Å². The molecule has 21 heavy (non-hydrogen) atoms. The SMILES string of the molecule is CC1(C(=O)O)CCN(C(=O)C2(CN)CCCCCC2)CC1. The highest BCUT2D eigenvalue weighted by Gasteiger charge is 2.44. The summed E-state index contributed by atoms with van der Waals surface area (Å²) in [7, 11) is 0. The van der Waals surface area contributed by atoms with Crippen LogP contribution in [0.1, 0.15) is 58.3 Å². The summed E-state index contributed by atoms with van der Waals surface area (Å²) < 4.78 is 0. The van der Waals surface area contributed by atoms with Gasteiger partial charge in [0.1, 0.15) is 0 Å². The zero-order valence-electron chi connectivity index (χ0n) is 13.1. The highest BCUT2D eigenvalue weighted by molar-refractivity contribution is 5.83. The van der Waals surface area contributed by atoms with Gasteiger partial charge in [0.25, 0.3) is 0 Å². The van der Waals surface area contributed by atoms with Gasteiger partial charge in [0, 0.05) is 19.6 Å². The van der Waals surface area contributed by atoms with Crippen molar-refractivity contribution in [2.45, 2.75) is 58.3 Å². The molecule has 0 atom stereocenters. The highest BCUT2D eigenvalue weighted by atomic mass is 16.4. The maximum atomic E-state index is 12.9. The van der Waals surface area contributed by atoms with E-state index in [0.29, 0.717) is 32.5 Å². The number of likely N-dealkylation sites (tertiary alicyclic amines) is 1. The highest BCUT2D eigenvalue weighted by Crippen LogP contribution is 2.38. The molecule has 0 aromatic carbocycles. The number of piperidine rings is 1. The second-order valence-corrected chi connectivity index (χ2v) is 7.06. The molecule has 1 saturated carbocycles. The Bertz CT molecular complexity index is 392. The summed E-state index contributed by atoms with van der Waals surface area (Å²) in [4.78, 5) is 26.1. The van der Waals surface area contributed by atoms with Crippen molar-refractivity contribution in [3.63, 3.8) is 0 Å². The summed E-state index contributed by atoms with van der Waals surface area (Å²) in [5.74, 6) is -0.586. The third kappa shape index (κ3) is 3.23. The molecule has 2 aliphatic rings. The molecule has 1 amide bonds. The summed E-state index contributed by atoms with van der Waals surface area (Å²) in [6, 6.07) is 0. The Morgan fingerprint density at radius 3 is 2.00 bits per heavy atom. The minimum absolute atomic E-state index is 0.166. The Morgan fingerprint density at radius 1 is 1.05 bits per heavy atom. The zero-order valence-corrected chi connectivity index (χ0v) is 13.1. The van der Waals surface area contributed by atoms with E-state index in [4.69, 9.17) is 5.73 Å². The number of amides is 1. The molecule has 5 heteroatoms. The van der Waals surface area contributed by atoms with Crippen molar-refractivity contribution in [2.24, 2.45) is 16.6 Å². The molecule has 1 aliphatic carbocycles. The predicted octanol–water partition coefficient (Wildman–Crippen LogP) is 2.00. The van der Waals surface area contributed by atoms with Crippen molar-refractivity contribution in [2.75, 3.05) is 19.6 Å². The van der Waals surface area contributed by atoms with Gasteiger partial charge in [-0.05, 0) is 32.6 Å². The number of carbonyl (C=O) groups is 2. The van der Waals surface area contributed by atoms with Gasteiger partial charge < -0.3 is 15.7 Å². The molecule has 0 bridgehead atoms. The number of hydrogen-bond acceptors (Lipinski definition) is 3.